The number of fused-ring (bicyclic) bond motifs is 1. The predicted molar refractivity (Wildman–Crippen MR) is 87.9 cm³/mol. The molecule has 3 rings (SSSR count). The van der Waals surface area contributed by atoms with Crippen molar-refractivity contribution >= 4 is 17.3 Å². The average molecular weight is 296 g/mol. The maximum Gasteiger partial charge on any atom is 0.268 e. The fourth-order valence-corrected chi connectivity index (χ4v) is 2.64. The first kappa shape index (κ1) is 14.4. The van der Waals surface area contributed by atoms with Crippen molar-refractivity contribution < 1.29 is 9.53 Å². The largest absolute Gasteiger partial charge is 0.478 e. The monoisotopic (exact) mass is 296 g/mol. The van der Waals surface area contributed by atoms with Crippen LogP contribution in [0.5, 0.6) is 5.75 Å². The summed E-state index contributed by atoms with van der Waals surface area (Å²) in [7, 11) is 0. The first-order valence-electron chi connectivity index (χ1n) is 7.51. The number of nitrogen functional groups attached to an aromatic ring is 1. The number of amides is 1. The second-order valence-corrected chi connectivity index (χ2v) is 5.65. The molecule has 22 heavy (non-hydrogen) atoms. The van der Waals surface area contributed by atoms with Crippen LogP contribution in [-0.4, -0.2) is 12.0 Å². The molecule has 0 aliphatic carbocycles. The Kier molecular flexibility index (Phi) is 3.75. The summed E-state index contributed by atoms with van der Waals surface area (Å²) in [6, 6.07) is 13.6. The van der Waals surface area contributed by atoms with E-state index in [2.05, 4.69) is 12.1 Å². The molecular weight excluding hydrogens is 276 g/mol. The van der Waals surface area contributed by atoms with Crippen LogP contribution in [0.2, 0.25) is 0 Å². The van der Waals surface area contributed by atoms with E-state index < -0.39 is 6.10 Å². The number of nitrogens with two attached hydrogens (primary N) is 1. The van der Waals surface area contributed by atoms with E-state index in [1.54, 1.807) is 17.0 Å². The number of hydrogen-bond acceptors (Lipinski definition) is 3. The zero-order chi connectivity index (χ0) is 15.7. The fraction of sp³-hybridized carbons (Fsp3) is 0.278. The number of anilines is 2. The molecule has 1 aliphatic heterocycles. The van der Waals surface area contributed by atoms with Crippen molar-refractivity contribution in [2.45, 2.75) is 32.9 Å². The maximum atomic E-state index is 12.7. The van der Waals surface area contributed by atoms with Crippen LogP contribution < -0.4 is 15.4 Å². The van der Waals surface area contributed by atoms with Crippen LogP contribution in [0, 0.1) is 6.92 Å². The topological polar surface area (TPSA) is 55.6 Å². The quantitative estimate of drug-likeness (QED) is 0.884. The summed E-state index contributed by atoms with van der Waals surface area (Å²) in [6.45, 7) is 4.52. The molecule has 1 amide bonds. The van der Waals surface area contributed by atoms with E-state index in [9.17, 15) is 4.79 Å². The number of hydrogen-bond donors (Lipinski definition) is 1. The van der Waals surface area contributed by atoms with Gasteiger partial charge in [0.25, 0.3) is 5.91 Å². The zero-order valence-electron chi connectivity index (χ0n) is 12.9. The van der Waals surface area contributed by atoms with Crippen LogP contribution in [0.15, 0.2) is 42.5 Å². The van der Waals surface area contributed by atoms with Crippen LogP contribution >= 0.6 is 0 Å². The van der Waals surface area contributed by atoms with Gasteiger partial charge in [0, 0.05) is 5.69 Å². The standard InChI is InChI=1S/C18H20N2O2/c1-3-16-18(21)20(11-13-6-4-12(2)5-7-13)15-10-14(19)8-9-17(15)22-16/h4-10,16H,3,11,19H2,1-2H3. The van der Waals surface area contributed by atoms with Gasteiger partial charge in [0.15, 0.2) is 6.10 Å². The summed E-state index contributed by atoms with van der Waals surface area (Å²) in [4.78, 5) is 14.4. The van der Waals surface area contributed by atoms with Crippen LogP contribution in [0.1, 0.15) is 24.5 Å². The number of carbonyl (C=O) groups excluding carboxylic acids is 1. The Hall–Kier alpha value is -2.49. The summed E-state index contributed by atoms with van der Waals surface area (Å²) in [5, 5.41) is 0. The minimum absolute atomic E-state index is 0.0128. The van der Waals surface area contributed by atoms with Crippen molar-refractivity contribution in [2.75, 3.05) is 10.6 Å². The summed E-state index contributed by atoms with van der Waals surface area (Å²) >= 11 is 0. The van der Waals surface area contributed by atoms with Gasteiger partial charge in [-0.05, 0) is 37.1 Å². The molecule has 1 atom stereocenters. The normalized spacial score (nSPS) is 17.1. The van der Waals surface area contributed by atoms with Crippen LogP contribution in [0.3, 0.4) is 0 Å². The molecule has 0 bridgehead atoms. The van der Waals surface area contributed by atoms with E-state index in [1.165, 1.54) is 5.56 Å². The van der Waals surface area contributed by atoms with Crippen molar-refractivity contribution in [1.29, 1.82) is 0 Å². The third kappa shape index (κ3) is 2.64. The molecule has 0 saturated heterocycles. The first-order valence-corrected chi connectivity index (χ1v) is 7.51. The lowest BCUT2D eigenvalue weighted by atomic mass is 10.1. The van der Waals surface area contributed by atoms with Gasteiger partial charge in [-0.2, -0.15) is 0 Å². The number of carbonyl (C=O) groups is 1. The Morgan fingerprint density at radius 2 is 1.91 bits per heavy atom. The van der Waals surface area contributed by atoms with Crippen molar-refractivity contribution in [3.8, 4) is 5.75 Å². The van der Waals surface area contributed by atoms with Crippen molar-refractivity contribution in [1.82, 2.24) is 0 Å². The molecule has 0 spiro atoms. The third-order valence-electron chi connectivity index (χ3n) is 3.92. The average Bonchev–Trinajstić information content (AvgIpc) is 2.52. The number of ether oxygens (including phenoxy) is 1. The Labute approximate surface area is 130 Å². The highest BCUT2D eigenvalue weighted by molar-refractivity contribution is 6.00. The third-order valence-corrected chi connectivity index (χ3v) is 3.92. The minimum Gasteiger partial charge on any atom is -0.478 e. The molecule has 4 nitrogen and oxygen atoms in total. The van der Waals surface area contributed by atoms with Gasteiger partial charge in [-0.15, -0.1) is 0 Å². The summed E-state index contributed by atoms with van der Waals surface area (Å²) in [5.74, 6) is 0.703. The van der Waals surface area contributed by atoms with E-state index in [-0.39, 0.29) is 5.91 Å². The lowest BCUT2D eigenvalue weighted by molar-refractivity contribution is -0.126. The second kappa shape index (κ2) is 5.72. The van der Waals surface area contributed by atoms with Gasteiger partial charge in [-0.25, -0.2) is 0 Å². The van der Waals surface area contributed by atoms with E-state index >= 15 is 0 Å². The summed E-state index contributed by atoms with van der Waals surface area (Å²) in [5.41, 5.74) is 9.54. The number of aryl methyl sites for hydroxylation is 1. The van der Waals surface area contributed by atoms with E-state index in [0.717, 1.165) is 11.3 Å². The van der Waals surface area contributed by atoms with Gasteiger partial charge in [0.1, 0.15) is 5.75 Å². The second-order valence-electron chi connectivity index (χ2n) is 5.65. The molecule has 0 fully saturated rings. The van der Waals surface area contributed by atoms with E-state index in [4.69, 9.17) is 10.5 Å². The molecule has 0 aromatic heterocycles. The highest BCUT2D eigenvalue weighted by atomic mass is 16.5. The van der Waals surface area contributed by atoms with E-state index in [1.807, 2.05) is 32.0 Å². The van der Waals surface area contributed by atoms with Crippen LogP contribution in [0.4, 0.5) is 11.4 Å². The molecule has 2 aromatic rings. The fourth-order valence-electron chi connectivity index (χ4n) is 2.64. The zero-order valence-corrected chi connectivity index (χ0v) is 12.9. The molecule has 1 heterocycles. The lowest BCUT2D eigenvalue weighted by Gasteiger charge is -2.34. The number of rotatable bonds is 3. The van der Waals surface area contributed by atoms with E-state index in [0.29, 0.717) is 24.4 Å². The maximum absolute atomic E-state index is 12.7. The molecule has 2 aromatic carbocycles. The Morgan fingerprint density at radius 1 is 1.18 bits per heavy atom. The van der Waals surface area contributed by atoms with Gasteiger partial charge < -0.3 is 15.4 Å². The lowest BCUT2D eigenvalue weighted by Crippen LogP contribution is -2.45. The van der Waals surface area contributed by atoms with Crippen molar-refractivity contribution in [3.63, 3.8) is 0 Å². The minimum atomic E-state index is -0.429. The smallest absolute Gasteiger partial charge is 0.268 e. The summed E-state index contributed by atoms with van der Waals surface area (Å²) < 4.78 is 5.79. The molecular formula is C18H20N2O2. The predicted octanol–water partition coefficient (Wildman–Crippen LogP) is 3.28. The SMILES string of the molecule is CCC1Oc2ccc(N)cc2N(Cc2ccc(C)cc2)C1=O. The van der Waals surface area contributed by atoms with Crippen molar-refractivity contribution in [2.24, 2.45) is 0 Å². The molecule has 4 heteroatoms. The molecule has 0 radical (unpaired) electrons. The Balaban J connectivity index is 1.98. The van der Waals surface area contributed by atoms with Gasteiger partial charge in [-0.1, -0.05) is 36.8 Å². The van der Waals surface area contributed by atoms with Gasteiger partial charge in [0.05, 0.1) is 12.2 Å². The summed E-state index contributed by atoms with van der Waals surface area (Å²) in [6.07, 6.45) is 0.217. The molecule has 1 aliphatic rings. The molecule has 0 saturated carbocycles. The van der Waals surface area contributed by atoms with Crippen molar-refractivity contribution in [3.05, 3.63) is 53.6 Å². The van der Waals surface area contributed by atoms with Crippen LogP contribution in [0.25, 0.3) is 0 Å². The first-order chi connectivity index (χ1) is 10.6. The van der Waals surface area contributed by atoms with Crippen LogP contribution in [-0.2, 0) is 11.3 Å². The number of nitrogens with zero attached hydrogens (tertiary/aromatic N) is 1. The highest BCUT2D eigenvalue weighted by Gasteiger charge is 2.33. The Morgan fingerprint density at radius 3 is 2.59 bits per heavy atom. The van der Waals surface area contributed by atoms with Gasteiger partial charge in [0.2, 0.25) is 0 Å². The van der Waals surface area contributed by atoms with Gasteiger partial charge >= 0.3 is 0 Å². The van der Waals surface area contributed by atoms with Gasteiger partial charge in [-0.3, -0.25) is 4.79 Å². The Bertz CT molecular complexity index is 695. The molecule has 2 N–H and O–H groups in total. The number of benzene rings is 2. The highest BCUT2D eigenvalue weighted by Crippen LogP contribution is 2.37. The molecule has 1 unspecified atom stereocenters. The molecule has 114 valence electrons.